The monoisotopic (exact) mass is 126 g/mol. The highest BCUT2D eigenvalue weighted by Crippen LogP contribution is 1.85. The Balaban J connectivity index is 2.65. The average molecular weight is 126 g/mol. The van der Waals surface area contributed by atoms with E-state index in [-0.39, 0.29) is 0 Å². The van der Waals surface area contributed by atoms with Gasteiger partial charge >= 0.3 is 7.12 Å². The molecule has 3 nitrogen and oxygen atoms in total. The highest BCUT2D eigenvalue weighted by atomic mass is 16.5. The Morgan fingerprint density at radius 1 is 1.78 bits per heavy atom. The third kappa shape index (κ3) is 1.34. The Bertz CT molecular complexity index is 161. The van der Waals surface area contributed by atoms with Gasteiger partial charge < -0.3 is 14.1 Å². The largest absolute Gasteiger partial charge is 0.528 e. The summed E-state index contributed by atoms with van der Waals surface area (Å²) >= 11 is 0. The van der Waals surface area contributed by atoms with E-state index < -0.39 is 7.12 Å². The first kappa shape index (κ1) is 6.39. The molecular weight excluding hydrogens is 119 g/mol. The van der Waals surface area contributed by atoms with Crippen LogP contribution in [0.3, 0.4) is 0 Å². The Kier molecular flexibility index (Phi) is 1.92. The summed E-state index contributed by atoms with van der Waals surface area (Å²) in [6.45, 7) is 0. The van der Waals surface area contributed by atoms with E-state index in [1.165, 1.54) is 13.4 Å². The number of hydrogen-bond donors (Lipinski definition) is 1. The van der Waals surface area contributed by atoms with Gasteiger partial charge in [-0.3, -0.25) is 0 Å². The third-order valence-corrected chi connectivity index (χ3v) is 1.01. The smallest absolute Gasteiger partial charge is 0.473 e. The van der Waals surface area contributed by atoms with E-state index in [9.17, 15) is 0 Å². The van der Waals surface area contributed by atoms with E-state index in [0.29, 0.717) is 5.66 Å². The van der Waals surface area contributed by atoms with Gasteiger partial charge in [-0.25, -0.2) is 0 Å². The molecule has 0 spiro atoms. The van der Waals surface area contributed by atoms with Crippen LogP contribution >= 0.6 is 0 Å². The summed E-state index contributed by atoms with van der Waals surface area (Å²) in [6.07, 6.45) is 1.48. The van der Waals surface area contributed by atoms with E-state index in [2.05, 4.69) is 4.65 Å². The van der Waals surface area contributed by atoms with Gasteiger partial charge in [-0.05, 0) is 12.1 Å². The molecule has 1 aromatic heterocycles. The predicted octanol–water partition coefficient (Wildman–Crippen LogP) is -0.387. The molecule has 0 atom stereocenters. The first-order valence-corrected chi connectivity index (χ1v) is 2.59. The van der Waals surface area contributed by atoms with Crippen molar-refractivity contribution in [2.45, 2.75) is 0 Å². The van der Waals surface area contributed by atoms with Gasteiger partial charge in [0.25, 0.3) is 0 Å². The molecule has 0 radical (unpaired) electrons. The molecule has 1 N–H and O–H groups in total. The zero-order chi connectivity index (χ0) is 6.69. The van der Waals surface area contributed by atoms with Crippen molar-refractivity contribution in [1.29, 1.82) is 0 Å². The van der Waals surface area contributed by atoms with Gasteiger partial charge in [-0.15, -0.1) is 0 Å². The molecule has 0 saturated carbocycles. The summed E-state index contributed by atoms with van der Waals surface area (Å²) in [7, 11) is 0.479. The molecule has 0 aliphatic heterocycles. The van der Waals surface area contributed by atoms with Crippen LogP contribution in [-0.2, 0) is 4.65 Å². The Labute approximate surface area is 53.4 Å². The van der Waals surface area contributed by atoms with E-state index in [1.807, 2.05) is 0 Å². The normalized spacial score (nSPS) is 9.56. The van der Waals surface area contributed by atoms with Gasteiger partial charge in [0.1, 0.15) is 5.66 Å². The second-order valence-electron chi connectivity index (χ2n) is 1.60. The molecule has 1 aromatic rings. The molecule has 1 heterocycles. The second-order valence-corrected chi connectivity index (χ2v) is 1.60. The molecule has 0 bridgehead atoms. The zero-order valence-electron chi connectivity index (χ0n) is 5.07. The fraction of sp³-hybridized carbons (Fsp3) is 0.200. The summed E-state index contributed by atoms with van der Waals surface area (Å²) in [5.41, 5.74) is 0.428. The van der Waals surface area contributed by atoms with Crippen molar-refractivity contribution in [2.75, 3.05) is 7.11 Å². The second kappa shape index (κ2) is 2.71. The molecule has 0 aliphatic carbocycles. The maximum atomic E-state index is 8.90. The molecule has 0 unspecified atom stereocenters. The summed E-state index contributed by atoms with van der Waals surface area (Å²) in [5, 5.41) is 8.90. The minimum absolute atomic E-state index is 0.428. The highest BCUT2D eigenvalue weighted by molar-refractivity contribution is 6.58. The number of rotatable bonds is 2. The zero-order valence-corrected chi connectivity index (χ0v) is 5.07. The van der Waals surface area contributed by atoms with E-state index >= 15 is 0 Å². The SMILES string of the molecule is COB(O)c1ccco1. The molecule has 0 fully saturated rings. The van der Waals surface area contributed by atoms with Gasteiger partial charge in [0, 0.05) is 7.11 Å². The van der Waals surface area contributed by atoms with Crippen molar-refractivity contribution in [3.05, 3.63) is 18.4 Å². The standard InChI is InChI=1S/C5H7BO3/c1-8-6(7)5-3-2-4-9-5/h2-4,7H,1H3. The van der Waals surface area contributed by atoms with Crippen LogP contribution in [0.2, 0.25) is 0 Å². The summed E-state index contributed by atoms with van der Waals surface area (Å²) in [4.78, 5) is 0. The molecule has 48 valence electrons. The summed E-state index contributed by atoms with van der Waals surface area (Å²) < 4.78 is 9.37. The Morgan fingerprint density at radius 3 is 3.00 bits per heavy atom. The molecular formula is C5H7BO3. The lowest BCUT2D eigenvalue weighted by Crippen LogP contribution is -2.30. The van der Waals surface area contributed by atoms with Crippen LogP contribution in [0.15, 0.2) is 22.8 Å². The minimum atomic E-state index is -0.931. The lowest BCUT2D eigenvalue weighted by atomic mass is 9.87. The van der Waals surface area contributed by atoms with Gasteiger partial charge in [-0.1, -0.05) is 0 Å². The maximum Gasteiger partial charge on any atom is 0.528 e. The van der Waals surface area contributed by atoms with Crippen molar-refractivity contribution in [1.82, 2.24) is 0 Å². The minimum Gasteiger partial charge on any atom is -0.473 e. The van der Waals surface area contributed by atoms with Gasteiger partial charge in [-0.2, -0.15) is 0 Å². The molecule has 0 saturated heterocycles. The lowest BCUT2D eigenvalue weighted by molar-refractivity contribution is 0.332. The number of hydrogen-bond acceptors (Lipinski definition) is 3. The van der Waals surface area contributed by atoms with Crippen LogP contribution in [-0.4, -0.2) is 19.3 Å². The summed E-state index contributed by atoms with van der Waals surface area (Å²) in [6, 6.07) is 3.34. The quantitative estimate of drug-likeness (QED) is 0.549. The Morgan fingerprint density at radius 2 is 2.56 bits per heavy atom. The van der Waals surface area contributed by atoms with Crippen LogP contribution in [0.5, 0.6) is 0 Å². The maximum absolute atomic E-state index is 8.90. The molecule has 9 heavy (non-hydrogen) atoms. The van der Waals surface area contributed by atoms with Crippen molar-refractivity contribution in [3.63, 3.8) is 0 Å². The third-order valence-electron chi connectivity index (χ3n) is 1.01. The van der Waals surface area contributed by atoms with Crippen molar-refractivity contribution < 1.29 is 14.1 Å². The van der Waals surface area contributed by atoms with Gasteiger partial charge in [0.05, 0.1) is 6.26 Å². The van der Waals surface area contributed by atoms with Gasteiger partial charge in [0.2, 0.25) is 0 Å². The number of furan rings is 1. The predicted molar refractivity (Wildman–Crippen MR) is 33.3 cm³/mol. The average Bonchev–Trinajstić information content (AvgIpc) is 2.37. The molecule has 0 amide bonds. The van der Waals surface area contributed by atoms with E-state index in [1.54, 1.807) is 12.1 Å². The highest BCUT2D eigenvalue weighted by Gasteiger charge is 2.16. The molecule has 1 rings (SSSR count). The summed E-state index contributed by atoms with van der Waals surface area (Å²) in [5.74, 6) is 0. The first-order chi connectivity index (χ1) is 4.34. The van der Waals surface area contributed by atoms with Crippen LogP contribution in [0.1, 0.15) is 0 Å². The lowest BCUT2D eigenvalue weighted by Gasteiger charge is -1.95. The van der Waals surface area contributed by atoms with Crippen molar-refractivity contribution in [2.24, 2.45) is 0 Å². The van der Waals surface area contributed by atoms with Crippen molar-refractivity contribution in [3.8, 4) is 0 Å². The molecule has 0 aromatic carbocycles. The van der Waals surface area contributed by atoms with Crippen molar-refractivity contribution >= 4 is 12.8 Å². The molecule has 0 aliphatic rings. The van der Waals surface area contributed by atoms with Crippen LogP contribution in [0.25, 0.3) is 0 Å². The first-order valence-electron chi connectivity index (χ1n) is 2.59. The van der Waals surface area contributed by atoms with E-state index in [4.69, 9.17) is 9.44 Å². The molecule has 4 heteroatoms. The Hall–Kier alpha value is -0.735. The fourth-order valence-electron chi connectivity index (χ4n) is 0.548. The fourth-order valence-corrected chi connectivity index (χ4v) is 0.548. The topological polar surface area (TPSA) is 42.6 Å². The van der Waals surface area contributed by atoms with E-state index in [0.717, 1.165) is 0 Å². The van der Waals surface area contributed by atoms with Crippen LogP contribution < -0.4 is 5.66 Å². The van der Waals surface area contributed by atoms with Crippen LogP contribution in [0.4, 0.5) is 0 Å². The van der Waals surface area contributed by atoms with Crippen LogP contribution in [0, 0.1) is 0 Å². The van der Waals surface area contributed by atoms with Gasteiger partial charge in [0.15, 0.2) is 0 Å².